The number of hydrogen-bond acceptors (Lipinski definition) is 6. The maximum atomic E-state index is 12.8. The molecule has 3 heterocycles. The molecule has 0 radical (unpaired) electrons. The minimum atomic E-state index is -0.475. The highest BCUT2D eigenvalue weighted by Gasteiger charge is 2.26. The average molecular weight is 444 g/mol. The summed E-state index contributed by atoms with van der Waals surface area (Å²) in [5.41, 5.74) is 1.49. The van der Waals surface area contributed by atoms with Crippen LogP contribution in [0.3, 0.4) is 0 Å². The van der Waals surface area contributed by atoms with Gasteiger partial charge in [0.15, 0.2) is 0 Å². The normalized spacial score (nSPS) is 14.0. The van der Waals surface area contributed by atoms with Gasteiger partial charge in [-0.2, -0.15) is 0 Å². The molecule has 1 aliphatic rings. The molecule has 1 N–H and O–H groups in total. The molecule has 0 saturated carbocycles. The topological polar surface area (TPSA) is 79.0 Å². The van der Waals surface area contributed by atoms with Gasteiger partial charge in [0.1, 0.15) is 4.88 Å². The first-order valence-electron chi connectivity index (χ1n) is 9.51. The molecule has 7 nitrogen and oxygen atoms in total. The third-order valence-electron chi connectivity index (χ3n) is 5.10. The Balaban J connectivity index is 1.32. The van der Waals surface area contributed by atoms with Crippen LogP contribution in [0.15, 0.2) is 41.1 Å². The number of carbonyl (C=O) groups is 3. The second kappa shape index (κ2) is 8.85. The molecule has 9 heteroatoms. The van der Waals surface area contributed by atoms with Crippen LogP contribution in [0.1, 0.15) is 15.2 Å². The molecule has 1 aromatic carbocycles. The fourth-order valence-electron chi connectivity index (χ4n) is 3.46. The van der Waals surface area contributed by atoms with Crippen LogP contribution in [0.25, 0.3) is 10.1 Å². The quantitative estimate of drug-likeness (QED) is 0.624. The van der Waals surface area contributed by atoms with E-state index < -0.39 is 5.97 Å². The molecule has 1 saturated heterocycles. The summed E-state index contributed by atoms with van der Waals surface area (Å²) >= 11 is 2.87. The maximum Gasteiger partial charge on any atom is 0.350 e. The first-order valence-corrected chi connectivity index (χ1v) is 11.3. The predicted molar refractivity (Wildman–Crippen MR) is 118 cm³/mol. The first-order chi connectivity index (χ1) is 14.6. The van der Waals surface area contributed by atoms with Gasteiger partial charge in [-0.15, -0.1) is 22.7 Å². The van der Waals surface area contributed by atoms with Gasteiger partial charge in [-0.1, -0.05) is 18.2 Å². The Morgan fingerprint density at radius 1 is 1.03 bits per heavy atom. The monoisotopic (exact) mass is 443 g/mol. The van der Waals surface area contributed by atoms with Crippen LogP contribution in [-0.4, -0.2) is 61.0 Å². The van der Waals surface area contributed by atoms with Crippen molar-refractivity contribution in [1.29, 1.82) is 0 Å². The van der Waals surface area contributed by atoms with Crippen molar-refractivity contribution in [3.63, 3.8) is 0 Å². The second-order valence-electron chi connectivity index (χ2n) is 6.89. The summed E-state index contributed by atoms with van der Waals surface area (Å²) in [4.78, 5) is 40.9. The van der Waals surface area contributed by atoms with Crippen LogP contribution in [0.2, 0.25) is 0 Å². The van der Waals surface area contributed by atoms with Crippen molar-refractivity contribution < 1.29 is 19.1 Å². The summed E-state index contributed by atoms with van der Waals surface area (Å²) in [5, 5.41) is 7.68. The number of ether oxygens (including phenoxy) is 1. The van der Waals surface area contributed by atoms with E-state index in [1.165, 1.54) is 23.1 Å². The highest BCUT2D eigenvalue weighted by atomic mass is 32.1. The fraction of sp³-hybridized carbons (Fsp3) is 0.286. The van der Waals surface area contributed by atoms with E-state index in [4.69, 9.17) is 4.74 Å². The smallest absolute Gasteiger partial charge is 0.350 e. The van der Waals surface area contributed by atoms with E-state index in [9.17, 15) is 14.4 Å². The van der Waals surface area contributed by atoms with Gasteiger partial charge in [-0.3, -0.25) is 4.79 Å². The van der Waals surface area contributed by atoms with Crippen molar-refractivity contribution in [2.24, 2.45) is 0 Å². The van der Waals surface area contributed by atoms with Gasteiger partial charge in [0.05, 0.1) is 19.2 Å². The number of benzene rings is 1. The maximum absolute atomic E-state index is 12.8. The Hall–Kier alpha value is -2.91. The Kier molecular flexibility index (Phi) is 6.01. The molecule has 4 rings (SSSR count). The molecule has 1 aliphatic heterocycles. The number of piperazine rings is 1. The summed E-state index contributed by atoms with van der Waals surface area (Å²) < 4.78 is 5.92. The summed E-state index contributed by atoms with van der Waals surface area (Å²) in [6.45, 7) is 1.86. The minimum Gasteiger partial charge on any atom is -0.465 e. The van der Waals surface area contributed by atoms with Crippen molar-refractivity contribution in [1.82, 2.24) is 9.80 Å². The van der Waals surface area contributed by atoms with Gasteiger partial charge >= 0.3 is 12.0 Å². The van der Waals surface area contributed by atoms with E-state index in [-0.39, 0.29) is 11.9 Å². The van der Waals surface area contributed by atoms with Gasteiger partial charge in [0, 0.05) is 30.9 Å². The van der Waals surface area contributed by atoms with Crippen LogP contribution in [-0.2, 0) is 16.0 Å². The number of thiophene rings is 2. The number of rotatable bonds is 4. The van der Waals surface area contributed by atoms with Crippen molar-refractivity contribution >= 4 is 56.4 Å². The summed E-state index contributed by atoms with van der Waals surface area (Å²) in [6, 6.07) is 9.49. The number of esters is 1. The fourth-order valence-corrected chi connectivity index (χ4v) is 5.18. The van der Waals surface area contributed by atoms with Gasteiger partial charge < -0.3 is 19.9 Å². The molecule has 0 aliphatic carbocycles. The van der Waals surface area contributed by atoms with E-state index in [0.29, 0.717) is 43.2 Å². The second-order valence-corrected chi connectivity index (χ2v) is 8.71. The van der Waals surface area contributed by atoms with Crippen molar-refractivity contribution in [3.05, 3.63) is 51.5 Å². The molecular weight excluding hydrogens is 422 g/mol. The lowest BCUT2D eigenvalue weighted by Crippen LogP contribution is -2.52. The Morgan fingerprint density at radius 2 is 1.77 bits per heavy atom. The summed E-state index contributed by atoms with van der Waals surface area (Å²) in [7, 11) is 1.31. The lowest BCUT2D eigenvalue weighted by atomic mass is 10.1. The Bertz CT molecular complexity index is 1080. The van der Waals surface area contributed by atoms with Gasteiger partial charge in [0.2, 0.25) is 5.91 Å². The third-order valence-corrected chi connectivity index (χ3v) is 7.01. The van der Waals surface area contributed by atoms with Crippen LogP contribution in [0.5, 0.6) is 0 Å². The molecule has 156 valence electrons. The lowest BCUT2D eigenvalue weighted by Gasteiger charge is -2.34. The number of methoxy groups -OCH3 is 1. The largest absolute Gasteiger partial charge is 0.465 e. The Morgan fingerprint density at radius 3 is 2.53 bits per heavy atom. The van der Waals surface area contributed by atoms with Gasteiger partial charge in [0.25, 0.3) is 0 Å². The molecule has 1 fully saturated rings. The lowest BCUT2D eigenvalue weighted by molar-refractivity contribution is -0.131. The number of nitrogens with zero attached hydrogens (tertiary/aromatic N) is 2. The van der Waals surface area contributed by atoms with E-state index in [0.717, 1.165) is 10.9 Å². The Labute approximate surface area is 181 Å². The highest BCUT2D eigenvalue weighted by Crippen LogP contribution is 2.27. The molecule has 3 aromatic rings. The highest BCUT2D eigenvalue weighted by molar-refractivity contribution is 7.17. The molecule has 0 bridgehead atoms. The van der Waals surface area contributed by atoms with E-state index in [2.05, 4.69) is 11.4 Å². The van der Waals surface area contributed by atoms with E-state index >= 15 is 0 Å². The third kappa shape index (κ3) is 4.17. The number of hydrogen-bond donors (Lipinski definition) is 1. The van der Waals surface area contributed by atoms with Crippen LogP contribution >= 0.6 is 22.7 Å². The number of carbonyl (C=O) groups excluding carboxylic acids is 3. The molecule has 2 aromatic heterocycles. The average Bonchev–Trinajstić information content (AvgIpc) is 3.40. The van der Waals surface area contributed by atoms with Crippen molar-refractivity contribution in [2.45, 2.75) is 6.42 Å². The van der Waals surface area contributed by atoms with Crippen LogP contribution < -0.4 is 5.32 Å². The molecule has 30 heavy (non-hydrogen) atoms. The van der Waals surface area contributed by atoms with Crippen molar-refractivity contribution in [3.8, 4) is 0 Å². The SMILES string of the molecule is COC(=O)c1sccc1NC(=O)N1CCN(C(=O)Cc2csc3ccccc23)CC1. The standard InChI is InChI=1S/C21H21N3O4S2/c1-28-20(26)19-16(6-11-29-19)22-21(27)24-9-7-23(8-10-24)18(25)12-14-13-30-17-5-3-2-4-15(14)17/h2-6,11,13H,7-10,12H2,1H3,(H,22,27). The van der Waals surface area contributed by atoms with Crippen molar-refractivity contribution in [2.75, 3.05) is 38.6 Å². The molecule has 3 amide bonds. The number of urea groups is 1. The van der Waals surface area contributed by atoms with E-state index in [1.54, 1.807) is 32.6 Å². The number of amides is 3. The zero-order chi connectivity index (χ0) is 21.1. The molecule has 0 atom stereocenters. The molecular formula is C21H21N3O4S2. The molecule has 0 unspecified atom stereocenters. The first kappa shape index (κ1) is 20.4. The van der Waals surface area contributed by atoms with Gasteiger partial charge in [-0.25, -0.2) is 9.59 Å². The predicted octanol–water partition coefficient (Wildman–Crippen LogP) is 3.67. The van der Waals surface area contributed by atoms with E-state index in [1.807, 2.05) is 23.6 Å². The van der Waals surface area contributed by atoms with Crippen LogP contribution in [0.4, 0.5) is 10.5 Å². The summed E-state index contributed by atoms with van der Waals surface area (Å²) in [5.74, 6) is -0.402. The van der Waals surface area contributed by atoms with Gasteiger partial charge in [-0.05, 0) is 33.8 Å². The zero-order valence-electron chi connectivity index (χ0n) is 16.4. The number of fused-ring (bicyclic) bond motifs is 1. The number of anilines is 1. The zero-order valence-corrected chi connectivity index (χ0v) is 18.1. The summed E-state index contributed by atoms with van der Waals surface area (Å²) in [6.07, 6.45) is 0.369. The minimum absolute atomic E-state index is 0.0735. The molecule has 0 spiro atoms. The van der Waals surface area contributed by atoms with Crippen LogP contribution in [0, 0.1) is 0 Å². The number of nitrogens with one attached hydrogen (secondary N) is 1.